The van der Waals surface area contributed by atoms with Crippen LogP contribution in [-0.2, 0) is 16.0 Å². The largest absolute Gasteiger partial charge is 0.493 e. The number of ether oxygens (including phenoxy) is 6. The second-order valence-corrected chi connectivity index (χ2v) is 17.1. The van der Waals surface area contributed by atoms with Gasteiger partial charge in [-0.15, -0.1) is 0 Å². The number of rotatable bonds is 26. The van der Waals surface area contributed by atoms with Crippen LogP contribution < -0.4 is 34.2 Å². The number of methoxy groups -OCH3 is 2. The van der Waals surface area contributed by atoms with Gasteiger partial charge in [-0.25, -0.2) is 9.59 Å². The van der Waals surface area contributed by atoms with Gasteiger partial charge in [0.25, 0.3) is 0 Å². The molecule has 0 aliphatic rings. The normalized spacial score (nSPS) is 13.4. The highest BCUT2D eigenvalue weighted by Gasteiger charge is 2.57. The second-order valence-electron chi connectivity index (χ2n) is 17.1. The Labute approximate surface area is 433 Å². The number of benzene rings is 5. The summed E-state index contributed by atoms with van der Waals surface area (Å²) in [5.41, 5.74) is 5.03. The predicted octanol–water partition coefficient (Wildman–Crippen LogP) is 11.0. The van der Waals surface area contributed by atoms with E-state index < -0.39 is 105 Å². The van der Waals surface area contributed by atoms with Crippen molar-refractivity contribution in [2.45, 2.75) is 74.4 Å². The number of alkyl halides is 10. The van der Waals surface area contributed by atoms with Gasteiger partial charge in [0.05, 0.1) is 38.6 Å². The average Bonchev–Trinajstić information content (AvgIpc) is 3.38. The minimum Gasteiger partial charge on any atom is -0.493 e. The first-order chi connectivity index (χ1) is 36.1. The van der Waals surface area contributed by atoms with Crippen LogP contribution >= 0.6 is 0 Å². The number of nitrogens with two attached hydrogens (primary N) is 1. The van der Waals surface area contributed by atoms with E-state index in [0.29, 0.717) is 22.4 Å². The van der Waals surface area contributed by atoms with Crippen molar-refractivity contribution in [3.8, 4) is 34.5 Å². The highest BCUT2D eigenvalue weighted by atomic mass is 19.4. The van der Waals surface area contributed by atoms with Gasteiger partial charge in [0, 0.05) is 31.4 Å². The molecule has 0 amide bonds. The van der Waals surface area contributed by atoms with Gasteiger partial charge in [-0.2, -0.15) is 43.9 Å². The number of aliphatic hydroxyl groups is 2. The van der Waals surface area contributed by atoms with Crippen LogP contribution in [0.3, 0.4) is 0 Å². The lowest BCUT2D eigenvalue weighted by molar-refractivity contribution is -0.284. The Hall–Kier alpha value is -7.92. The molecule has 0 aliphatic carbocycles. The van der Waals surface area contributed by atoms with Gasteiger partial charge >= 0.3 is 36.1 Å². The van der Waals surface area contributed by atoms with E-state index in [1.54, 1.807) is 12.1 Å². The molecule has 0 saturated carbocycles. The molecule has 0 fully saturated rings. The van der Waals surface area contributed by atoms with E-state index in [9.17, 15) is 73.3 Å². The van der Waals surface area contributed by atoms with Gasteiger partial charge in [-0.05, 0) is 114 Å². The molecule has 0 heterocycles. The molecule has 0 aliphatic heterocycles. The zero-order valence-corrected chi connectivity index (χ0v) is 40.8. The standard InChI is InChI=1S/C54H49F10NO12/c1-72-45-29-36(13-22-43(45)74-27-3-25-51(55,56)53(59,60)61)48(69)76-39-17-7-33(8-18-39)11-21-41(66)42(67)32-50(71,31-35-5-15-38(65)16-6-35)47(68)24-12-34-9-19-40(20-10-34)77-49(70)37-14-23-44(46(30-37)73-2)75-28-4-26-52(57,58)54(62,63)64/h5-24,29-30,42,67,71H,3-4,25-28,31-32,65H2,1-2H3/b21-11+,24-12+. The summed E-state index contributed by atoms with van der Waals surface area (Å²) in [5.74, 6) is -13.3. The second kappa shape index (κ2) is 25.7. The summed E-state index contributed by atoms with van der Waals surface area (Å²) in [6.07, 6.45) is -13.9. The van der Waals surface area contributed by atoms with Crippen LogP contribution in [0.5, 0.6) is 34.5 Å². The summed E-state index contributed by atoms with van der Waals surface area (Å²) in [6, 6.07) is 25.0. The molecule has 77 heavy (non-hydrogen) atoms. The van der Waals surface area contributed by atoms with Crippen molar-refractivity contribution >= 4 is 41.3 Å². The number of hydrogen-bond acceptors (Lipinski definition) is 13. The van der Waals surface area contributed by atoms with Crippen molar-refractivity contribution in [3.05, 3.63) is 149 Å². The molecule has 13 nitrogen and oxygen atoms in total. The Morgan fingerprint density at radius 2 is 0.987 bits per heavy atom. The van der Waals surface area contributed by atoms with E-state index in [1.807, 2.05) is 0 Å². The van der Waals surface area contributed by atoms with Crippen LogP contribution in [0.25, 0.3) is 12.2 Å². The molecule has 4 N–H and O–H groups in total. The molecule has 2 unspecified atom stereocenters. The molecule has 2 atom stereocenters. The van der Waals surface area contributed by atoms with Crippen molar-refractivity contribution < 1.29 is 102 Å². The molecule has 0 saturated heterocycles. The van der Waals surface area contributed by atoms with E-state index in [1.165, 1.54) is 123 Å². The maximum atomic E-state index is 13.7. The van der Waals surface area contributed by atoms with E-state index in [0.717, 1.165) is 12.2 Å². The van der Waals surface area contributed by atoms with Crippen LogP contribution in [-0.4, -0.2) is 97.1 Å². The molecular formula is C54H49F10NO12. The van der Waals surface area contributed by atoms with Gasteiger partial charge in [-0.3, -0.25) is 9.59 Å². The third-order valence-corrected chi connectivity index (χ3v) is 11.3. The molecule has 5 rings (SSSR count). The first-order valence-corrected chi connectivity index (χ1v) is 23.0. The summed E-state index contributed by atoms with van der Waals surface area (Å²) in [7, 11) is 2.43. The maximum absolute atomic E-state index is 13.7. The highest BCUT2D eigenvalue weighted by molar-refractivity contribution is 6.02. The summed E-state index contributed by atoms with van der Waals surface area (Å²) in [5, 5.41) is 22.8. The summed E-state index contributed by atoms with van der Waals surface area (Å²) < 4.78 is 159. The third kappa shape index (κ3) is 17.0. The zero-order chi connectivity index (χ0) is 56.8. The fraction of sp³-hybridized carbons (Fsp3) is 0.296. The Morgan fingerprint density at radius 3 is 1.39 bits per heavy atom. The minimum atomic E-state index is -5.70. The average molecular weight is 1090 g/mol. The van der Waals surface area contributed by atoms with Crippen molar-refractivity contribution in [1.82, 2.24) is 0 Å². The third-order valence-electron chi connectivity index (χ3n) is 11.3. The Balaban J connectivity index is 1.17. The van der Waals surface area contributed by atoms with Crippen molar-refractivity contribution in [1.29, 1.82) is 0 Å². The lowest BCUT2D eigenvalue weighted by Crippen LogP contribution is -2.44. The number of halogens is 10. The van der Waals surface area contributed by atoms with E-state index in [4.69, 9.17) is 34.2 Å². The Kier molecular flexibility index (Phi) is 20.0. The minimum absolute atomic E-state index is 0.0234. The van der Waals surface area contributed by atoms with E-state index in [2.05, 4.69) is 0 Å². The fourth-order valence-corrected chi connectivity index (χ4v) is 6.96. The first kappa shape index (κ1) is 60.0. The number of hydrogen-bond donors (Lipinski definition) is 3. The van der Waals surface area contributed by atoms with Crippen LogP contribution in [0.15, 0.2) is 121 Å². The molecule has 5 aromatic carbocycles. The van der Waals surface area contributed by atoms with E-state index >= 15 is 0 Å². The van der Waals surface area contributed by atoms with Gasteiger partial charge < -0.3 is 44.4 Å². The van der Waals surface area contributed by atoms with Crippen LogP contribution in [0.4, 0.5) is 49.6 Å². The number of ketones is 2. The number of carbonyl (C=O) groups is 4. The predicted molar refractivity (Wildman–Crippen MR) is 258 cm³/mol. The maximum Gasteiger partial charge on any atom is 0.453 e. The lowest BCUT2D eigenvalue weighted by atomic mass is 9.83. The van der Waals surface area contributed by atoms with Gasteiger partial charge in [0.1, 0.15) is 23.2 Å². The van der Waals surface area contributed by atoms with Gasteiger partial charge in [0.15, 0.2) is 34.6 Å². The van der Waals surface area contributed by atoms with Crippen molar-refractivity contribution in [2.24, 2.45) is 0 Å². The number of esters is 2. The van der Waals surface area contributed by atoms with E-state index in [-0.39, 0.29) is 52.0 Å². The number of nitrogen functional groups attached to an aromatic ring is 1. The highest BCUT2D eigenvalue weighted by Crippen LogP contribution is 2.40. The zero-order valence-electron chi connectivity index (χ0n) is 40.8. The first-order valence-electron chi connectivity index (χ1n) is 23.0. The van der Waals surface area contributed by atoms with Crippen molar-refractivity contribution in [2.75, 3.05) is 33.2 Å². The van der Waals surface area contributed by atoms with Crippen LogP contribution in [0.1, 0.15) is 69.5 Å². The summed E-state index contributed by atoms with van der Waals surface area (Å²) >= 11 is 0. The number of carbonyl (C=O) groups excluding carboxylic acids is 4. The van der Waals surface area contributed by atoms with Crippen LogP contribution in [0.2, 0.25) is 0 Å². The Morgan fingerprint density at radius 1 is 0.571 bits per heavy atom. The molecule has 0 aromatic heterocycles. The van der Waals surface area contributed by atoms with Gasteiger partial charge in [0.2, 0.25) is 0 Å². The van der Waals surface area contributed by atoms with Gasteiger partial charge in [-0.1, -0.05) is 48.6 Å². The Bertz CT molecular complexity index is 2890. The molecule has 23 heteroatoms. The monoisotopic (exact) mass is 1090 g/mol. The summed E-state index contributed by atoms with van der Waals surface area (Å²) in [4.78, 5) is 52.8. The lowest BCUT2D eigenvalue weighted by Gasteiger charge is -2.27. The molecule has 5 aromatic rings. The summed E-state index contributed by atoms with van der Waals surface area (Å²) in [6.45, 7) is -1.00. The fourth-order valence-electron chi connectivity index (χ4n) is 6.96. The molecule has 0 bridgehead atoms. The number of aliphatic hydroxyl groups excluding tert-OH is 1. The molecular weight excluding hydrogens is 1040 g/mol. The SMILES string of the molecule is COc1cc(C(=O)Oc2ccc(/C=C/C(=O)C(O)CC(O)(Cc3ccc(N)cc3)C(=O)/C=C/c3ccc(OC(=O)c4ccc(OCCCC(F)(F)C(F)(F)F)c(OC)c4)cc3)cc2)ccc1OCCCC(F)(F)C(F)(F)F. The molecule has 0 radical (unpaired) electrons. The topological polar surface area (TPSA) is 190 Å². The number of anilines is 1. The van der Waals surface area contributed by atoms with Crippen LogP contribution in [0, 0.1) is 0 Å². The van der Waals surface area contributed by atoms with Crippen molar-refractivity contribution in [3.63, 3.8) is 0 Å². The molecule has 412 valence electrons. The molecule has 0 spiro atoms. The smallest absolute Gasteiger partial charge is 0.453 e. The quantitative estimate of drug-likeness (QED) is 0.0119.